The smallest absolute Gasteiger partial charge is 0.00143 e. The molecule has 0 unspecified atom stereocenters. The van der Waals surface area contributed by atoms with Crippen molar-refractivity contribution in [3.8, 4) is 0 Å². The van der Waals surface area contributed by atoms with E-state index in [1.807, 2.05) is 0 Å². The van der Waals surface area contributed by atoms with Crippen molar-refractivity contribution in [3.05, 3.63) is 12.2 Å². The molecule has 13 heavy (non-hydrogen) atoms. The lowest BCUT2D eigenvalue weighted by molar-refractivity contribution is 0.602. The molecule has 0 aliphatic carbocycles. The van der Waals surface area contributed by atoms with Crippen molar-refractivity contribution in [2.45, 2.75) is 46.5 Å². The molecule has 0 aromatic carbocycles. The minimum Gasteiger partial charge on any atom is -0.316 e. The Labute approximate surface area is 83.6 Å². The molecule has 0 aliphatic heterocycles. The highest BCUT2D eigenvalue weighted by Crippen LogP contribution is 2.08. The lowest BCUT2D eigenvalue weighted by Crippen LogP contribution is -2.15. The summed E-state index contributed by atoms with van der Waals surface area (Å²) in [5, 5.41) is 3.39. The fraction of sp³-hybridized carbons (Fsp3) is 0.833. The summed E-state index contributed by atoms with van der Waals surface area (Å²) in [6.45, 7) is 9.00. The van der Waals surface area contributed by atoms with Crippen LogP contribution in [0.25, 0.3) is 0 Å². The molecule has 0 spiro atoms. The number of allylic oxidation sites excluding steroid dienone is 1. The molecule has 0 fully saturated rings. The summed E-state index contributed by atoms with van der Waals surface area (Å²) in [5.41, 5.74) is 0. The molecule has 1 nitrogen and oxygen atoms in total. The summed E-state index contributed by atoms with van der Waals surface area (Å²) in [6.07, 6.45) is 9.64. The Morgan fingerprint density at radius 3 is 2.31 bits per heavy atom. The van der Waals surface area contributed by atoms with Crippen LogP contribution in [0.2, 0.25) is 0 Å². The molecule has 0 aliphatic rings. The van der Waals surface area contributed by atoms with E-state index in [2.05, 4.69) is 38.2 Å². The molecule has 1 heteroatoms. The number of hydrogen-bond donors (Lipinski definition) is 1. The Bertz CT molecular complexity index is 114. The van der Waals surface area contributed by atoms with Crippen LogP contribution in [-0.4, -0.2) is 13.1 Å². The first-order valence-corrected chi connectivity index (χ1v) is 5.72. The van der Waals surface area contributed by atoms with E-state index in [1.165, 1.54) is 25.7 Å². The molecule has 0 aromatic heterocycles. The monoisotopic (exact) mass is 183 g/mol. The van der Waals surface area contributed by atoms with Crippen LogP contribution in [0.15, 0.2) is 12.2 Å². The van der Waals surface area contributed by atoms with Gasteiger partial charge in [0.25, 0.3) is 0 Å². The lowest BCUT2D eigenvalue weighted by atomic mass is 10.0. The molecule has 0 radical (unpaired) electrons. The van der Waals surface area contributed by atoms with Gasteiger partial charge in [-0.25, -0.2) is 0 Å². The first-order chi connectivity index (χ1) is 6.35. The van der Waals surface area contributed by atoms with Crippen molar-refractivity contribution in [2.75, 3.05) is 13.1 Å². The van der Waals surface area contributed by atoms with Gasteiger partial charge in [0.05, 0.1) is 0 Å². The van der Waals surface area contributed by atoms with Crippen LogP contribution in [0, 0.1) is 5.92 Å². The van der Waals surface area contributed by atoms with Gasteiger partial charge in [-0.1, -0.05) is 32.9 Å². The van der Waals surface area contributed by atoms with Gasteiger partial charge < -0.3 is 5.32 Å². The van der Waals surface area contributed by atoms with Gasteiger partial charge in [0.1, 0.15) is 0 Å². The van der Waals surface area contributed by atoms with E-state index in [4.69, 9.17) is 0 Å². The maximum atomic E-state index is 3.39. The quantitative estimate of drug-likeness (QED) is 0.449. The fourth-order valence-corrected chi connectivity index (χ4v) is 1.34. The largest absolute Gasteiger partial charge is 0.316 e. The number of rotatable bonds is 8. The Morgan fingerprint density at radius 1 is 1.08 bits per heavy atom. The highest BCUT2D eigenvalue weighted by atomic mass is 14.8. The molecular weight excluding hydrogens is 158 g/mol. The first kappa shape index (κ1) is 12.7. The van der Waals surface area contributed by atoms with Crippen LogP contribution in [0.3, 0.4) is 0 Å². The summed E-state index contributed by atoms with van der Waals surface area (Å²) in [5.74, 6) is 0.797. The van der Waals surface area contributed by atoms with Gasteiger partial charge in [-0.2, -0.15) is 0 Å². The molecule has 78 valence electrons. The van der Waals surface area contributed by atoms with Crippen molar-refractivity contribution in [2.24, 2.45) is 5.92 Å². The minimum atomic E-state index is 0.797. The molecule has 0 atom stereocenters. The van der Waals surface area contributed by atoms with Crippen molar-refractivity contribution >= 4 is 0 Å². The van der Waals surface area contributed by atoms with E-state index in [9.17, 15) is 0 Å². The summed E-state index contributed by atoms with van der Waals surface area (Å²) < 4.78 is 0. The van der Waals surface area contributed by atoms with Crippen LogP contribution < -0.4 is 5.32 Å². The minimum absolute atomic E-state index is 0.797. The van der Waals surface area contributed by atoms with Crippen LogP contribution in [-0.2, 0) is 0 Å². The van der Waals surface area contributed by atoms with E-state index < -0.39 is 0 Å². The molecule has 0 rings (SSSR count). The van der Waals surface area contributed by atoms with Gasteiger partial charge in [0.15, 0.2) is 0 Å². The number of hydrogen-bond acceptors (Lipinski definition) is 1. The van der Waals surface area contributed by atoms with E-state index >= 15 is 0 Å². The second-order valence-electron chi connectivity index (χ2n) is 3.54. The average molecular weight is 183 g/mol. The molecule has 0 bridgehead atoms. The van der Waals surface area contributed by atoms with Crippen LogP contribution in [0.4, 0.5) is 0 Å². The summed E-state index contributed by atoms with van der Waals surface area (Å²) >= 11 is 0. The number of nitrogens with one attached hydrogen (secondary N) is 1. The van der Waals surface area contributed by atoms with Crippen LogP contribution in [0.1, 0.15) is 46.5 Å². The molecule has 1 N–H and O–H groups in total. The topological polar surface area (TPSA) is 12.0 Å². The fourth-order valence-electron chi connectivity index (χ4n) is 1.34. The molecular formula is C12H25N. The van der Waals surface area contributed by atoms with E-state index in [-0.39, 0.29) is 0 Å². The summed E-state index contributed by atoms with van der Waals surface area (Å²) in [7, 11) is 0. The third-order valence-corrected chi connectivity index (χ3v) is 2.37. The second kappa shape index (κ2) is 9.79. The van der Waals surface area contributed by atoms with Crippen LogP contribution >= 0.6 is 0 Å². The van der Waals surface area contributed by atoms with Gasteiger partial charge in [0.2, 0.25) is 0 Å². The summed E-state index contributed by atoms with van der Waals surface area (Å²) in [4.78, 5) is 0. The lowest BCUT2D eigenvalue weighted by Gasteiger charge is -2.04. The molecule has 0 heterocycles. The van der Waals surface area contributed by atoms with Gasteiger partial charge in [-0.05, 0) is 44.7 Å². The Balaban J connectivity index is 3.28. The average Bonchev–Trinajstić information content (AvgIpc) is 2.17. The third-order valence-electron chi connectivity index (χ3n) is 2.37. The van der Waals surface area contributed by atoms with Crippen molar-refractivity contribution in [1.82, 2.24) is 5.32 Å². The SMILES string of the molecule is CCCNCCC=CC(CC)CC. The van der Waals surface area contributed by atoms with Crippen LogP contribution in [0.5, 0.6) is 0 Å². The van der Waals surface area contributed by atoms with E-state index in [0.717, 1.165) is 19.0 Å². The zero-order valence-corrected chi connectivity index (χ0v) is 9.47. The first-order valence-electron chi connectivity index (χ1n) is 5.72. The Kier molecular flexibility index (Phi) is 9.56. The Hall–Kier alpha value is -0.300. The zero-order valence-electron chi connectivity index (χ0n) is 9.47. The Morgan fingerprint density at radius 2 is 1.77 bits per heavy atom. The van der Waals surface area contributed by atoms with Gasteiger partial charge in [0, 0.05) is 0 Å². The predicted octanol–water partition coefficient (Wildman–Crippen LogP) is 3.37. The third kappa shape index (κ3) is 8.04. The highest BCUT2D eigenvalue weighted by molar-refractivity contribution is 4.87. The van der Waals surface area contributed by atoms with Gasteiger partial charge in [-0.15, -0.1) is 0 Å². The molecule has 0 amide bonds. The maximum absolute atomic E-state index is 3.39. The molecule has 0 aromatic rings. The van der Waals surface area contributed by atoms with E-state index in [0.29, 0.717) is 0 Å². The molecule has 0 saturated heterocycles. The van der Waals surface area contributed by atoms with Crippen molar-refractivity contribution in [3.63, 3.8) is 0 Å². The maximum Gasteiger partial charge on any atom is -0.00143 e. The standard InChI is InChI=1S/C12H25N/c1-4-10-13-11-8-7-9-12(5-2)6-3/h7,9,12-13H,4-6,8,10-11H2,1-3H3. The van der Waals surface area contributed by atoms with Crippen molar-refractivity contribution < 1.29 is 0 Å². The van der Waals surface area contributed by atoms with Gasteiger partial charge >= 0.3 is 0 Å². The second-order valence-corrected chi connectivity index (χ2v) is 3.54. The predicted molar refractivity (Wildman–Crippen MR) is 61.0 cm³/mol. The highest BCUT2D eigenvalue weighted by Gasteiger charge is 1.95. The van der Waals surface area contributed by atoms with Gasteiger partial charge in [-0.3, -0.25) is 0 Å². The van der Waals surface area contributed by atoms with E-state index in [1.54, 1.807) is 0 Å². The molecule has 0 saturated carbocycles. The van der Waals surface area contributed by atoms with Crippen molar-refractivity contribution in [1.29, 1.82) is 0 Å². The zero-order chi connectivity index (χ0) is 9.94. The normalized spacial score (nSPS) is 11.7. The summed E-state index contributed by atoms with van der Waals surface area (Å²) in [6, 6.07) is 0.